The molecule has 1 unspecified atom stereocenters. The summed E-state index contributed by atoms with van der Waals surface area (Å²) in [5.41, 5.74) is 1.86. The number of halogens is 2. The molecule has 3 heterocycles. The summed E-state index contributed by atoms with van der Waals surface area (Å²) in [4.78, 5) is 10.6. The summed E-state index contributed by atoms with van der Waals surface area (Å²) in [7, 11) is 0. The van der Waals surface area contributed by atoms with E-state index in [2.05, 4.69) is 20.0 Å². The van der Waals surface area contributed by atoms with E-state index in [0.717, 1.165) is 30.7 Å². The molecule has 1 fully saturated rings. The molecular formula is C24H20F2N4O2. The van der Waals surface area contributed by atoms with Gasteiger partial charge in [0.1, 0.15) is 23.5 Å². The Morgan fingerprint density at radius 2 is 1.91 bits per heavy atom. The third-order valence-corrected chi connectivity index (χ3v) is 5.41. The van der Waals surface area contributed by atoms with Crippen LogP contribution >= 0.6 is 0 Å². The van der Waals surface area contributed by atoms with Crippen molar-refractivity contribution in [2.24, 2.45) is 0 Å². The fourth-order valence-corrected chi connectivity index (χ4v) is 3.82. The van der Waals surface area contributed by atoms with Gasteiger partial charge in [0.05, 0.1) is 5.56 Å². The van der Waals surface area contributed by atoms with Gasteiger partial charge in [0.2, 0.25) is 5.82 Å². The maximum absolute atomic E-state index is 14.0. The third-order valence-electron chi connectivity index (χ3n) is 5.41. The predicted molar refractivity (Wildman–Crippen MR) is 114 cm³/mol. The van der Waals surface area contributed by atoms with Gasteiger partial charge >= 0.3 is 0 Å². The van der Waals surface area contributed by atoms with Gasteiger partial charge in [0.15, 0.2) is 0 Å². The van der Waals surface area contributed by atoms with Gasteiger partial charge in [-0.15, -0.1) is 0 Å². The first kappa shape index (κ1) is 20.3. The van der Waals surface area contributed by atoms with Gasteiger partial charge in [0, 0.05) is 43.2 Å². The quantitative estimate of drug-likeness (QED) is 0.437. The van der Waals surface area contributed by atoms with Gasteiger partial charge in [-0.25, -0.2) is 8.78 Å². The van der Waals surface area contributed by atoms with Gasteiger partial charge in [-0.05, 0) is 48.9 Å². The highest BCUT2D eigenvalue weighted by atomic mass is 19.1. The third kappa shape index (κ3) is 4.36. The van der Waals surface area contributed by atoms with Crippen molar-refractivity contribution >= 4 is 0 Å². The Kier molecular flexibility index (Phi) is 5.60. The number of nitrogens with zero attached hydrogens (tertiary/aromatic N) is 4. The second-order valence-electron chi connectivity index (χ2n) is 7.65. The molecule has 8 heteroatoms. The standard InChI is InChI=1S/C24H20F2N4O2/c25-18-5-6-21(26)17(13-18)14-30-12-9-19(15-30)31-22-4-2-1-3-20(22)24-28-23(29-32-24)16-7-10-27-11-8-16/h1-8,10-11,13,19H,9,12,14-15H2. The molecular weight excluding hydrogens is 414 g/mol. The van der Waals surface area contributed by atoms with E-state index in [4.69, 9.17) is 9.26 Å². The van der Waals surface area contributed by atoms with Crippen LogP contribution in [0, 0.1) is 11.6 Å². The number of hydrogen-bond donors (Lipinski definition) is 0. The minimum atomic E-state index is -0.437. The maximum atomic E-state index is 14.0. The van der Waals surface area contributed by atoms with Crippen molar-refractivity contribution < 1.29 is 18.0 Å². The fourth-order valence-electron chi connectivity index (χ4n) is 3.82. The molecule has 2 aromatic heterocycles. The average Bonchev–Trinajstić information content (AvgIpc) is 3.47. The van der Waals surface area contributed by atoms with Crippen molar-refractivity contribution in [3.05, 3.63) is 84.2 Å². The Labute approximate surface area is 183 Å². The summed E-state index contributed by atoms with van der Waals surface area (Å²) in [6.45, 7) is 1.68. The molecule has 2 aromatic carbocycles. The molecule has 0 aliphatic carbocycles. The second kappa shape index (κ2) is 8.84. The molecule has 1 aliphatic rings. The first-order valence-electron chi connectivity index (χ1n) is 10.3. The van der Waals surface area contributed by atoms with Crippen LogP contribution in [0.2, 0.25) is 0 Å². The molecule has 0 spiro atoms. The summed E-state index contributed by atoms with van der Waals surface area (Å²) < 4.78 is 39.2. The molecule has 6 nitrogen and oxygen atoms in total. The average molecular weight is 434 g/mol. The van der Waals surface area contributed by atoms with Crippen molar-refractivity contribution in [1.82, 2.24) is 20.0 Å². The molecule has 1 aliphatic heterocycles. The van der Waals surface area contributed by atoms with Crippen molar-refractivity contribution in [2.75, 3.05) is 13.1 Å². The Balaban J connectivity index is 1.29. The molecule has 0 saturated carbocycles. The van der Waals surface area contributed by atoms with Crippen molar-refractivity contribution in [1.29, 1.82) is 0 Å². The molecule has 4 aromatic rings. The second-order valence-corrected chi connectivity index (χ2v) is 7.65. The molecule has 0 radical (unpaired) electrons. The molecule has 1 saturated heterocycles. The van der Waals surface area contributed by atoms with Gasteiger partial charge in [0.25, 0.3) is 5.89 Å². The highest BCUT2D eigenvalue weighted by molar-refractivity contribution is 5.65. The van der Waals surface area contributed by atoms with Crippen LogP contribution in [0.4, 0.5) is 8.78 Å². The molecule has 1 atom stereocenters. The van der Waals surface area contributed by atoms with Crippen LogP contribution in [0.25, 0.3) is 22.8 Å². The SMILES string of the molecule is Fc1ccc(F)c(CN2CCC(Oc3ccccc3-c3nc(-c4ccncc4)no3)C2)c1. The van der Waals surface area contributed by atoms with E-state index in [0.29, 0.717) is 41.7 Å². The number of aromatic nitrogens is 3. The van der Waals surface area contributed by atoms with Crippen LogP contribution < -0.4 is 4.74 Å². The number of hydrogen-bond acceptors (Lipinski definition) is 6. The monoisotopic (exact) mass is 434 g/mol. The first-order chi connectivity index (χ1) is 15.7. The highest BCUT2D eigenvalue weighted by Crippen LogP contribution is 2.32. The van der Waals surface area contributed by atoms with E-state index in [-0.39, 0.29) is 6.10 Å². The lowest BCUT2D eigenvalue weighted by Crippen LogP contribution is -2.25. The zero-order chi connectivity index (χ0) is 21.9. The zero-order valence-electron chi connectivity index (χ0n) is 17.1. The minimum Gasteiger partial charge on any atom is -0.488 e. The summed E-state index contributed by atoms with van der Waals surface area (Å²) in [6, 6.07) is 14.7. The van der Waals surface area contributed by atoms with Crippen LogP contribution in [0.3, 0.4) is 0 Å². The number of likely N-dealkylation sites (tertiary alicyclic amines) is 1. The van der Waals surface area contributed by atoms with Gasteiger partial charge in [-0.3, -0.25) is 9.88 Å². The normalized spacial score (nSPS) is 16.4. The molecule has 5 rings (SSSR count). The molecule has 162 valence electrons. The summed E-state index contributed by atoms with van der Waals surface area (Å²) >= 11 is 0. The van der Waals surface area contributed by atoms with Gasteiger partial charge in [-0.1, -0.05) is 17.3 Å². The Morgan fingerprint density at radius 3 is 2.78 bits per heavy atom. The number of rotatable bonds is 6. The molecule has 32 heavy (non-hydrogen) atoms. The van der Waals surface area contributed by atoms with Crippen LogP contribution in [-0.4, -0.2) is 39.2 Å². The van der Waals surface area contributed by atoms with Gasteiger partial charge < -0.3 is 9.26 Å². The molecule has 0 amide bonds. The lowest BCUT2D eigenvalue weighted by molar-refractivity contribution is 0.198. The lowest BCUT2D eigenvalue weighted by Gasteiger charge is -2.18. The predicted octanol–water partition coefficient (Wildman–Crippen LogP) is 4.73. The fraction of sp³-hybridized carbons (Fsp3) is 0.208. The highest BCUT2D eigenvalue weighted by Gasteiger charge is 2.26. The number of para-hydroxylation sites is 1. The number of pyridine rings is 1. The topological polar surface area (TPSA) is 64.3 Å². The van der Waals surface area contributed by atoms with Crippen LogP contribution in [0.15, 0.2) is 71.5 Å². The van der Waals surface area contributed by atoms with E-state index < -0.39 is 11.6 Å². The largest absolute Gasteiger partial charge is 0.488 e. The number of benzene rings is 2. The van der Waals surface area contributed by atoms with E-state index in [1.54, 1.807) is 12.4 Å². The first-order valence-corrected chi connectivity index (χ1v) is 10.3. The zero-order valence-corrected chi connectivity index (χ0v) is 17.1. The van der Waals surface area contributed by atoms with Crippen molar-refractivity contribution in [3.8, 4) is 28.6 Å². The summed E-state index contributed by atoms with van der Waals surface area (Å²) in [5.74, 6) is 0.641. The Bertz CT molecular complexity index is 1220. The molecule has 0 N–H and O–H groups in total. The van der Waals surface area contributed by atoms with Crippen molar-refractivity contribution in [2.45, 2.75) is 19.1 Å². The van der Waals surface area contributed by atoms with E-state index >= 15 is 0 Å². The Morgan fingerprint density at radius 1 is 1.06 bits per heavy atom. The van der Waals surface area contributed by atoms with Crippen LogP contribution in [0.1, 0.15) is 12.0 Å². The summed E-state index contributed by atoms with van der Waals surface area (Å²) in [6.07, 6.45) is 4.03. The lowest BCUT2D eigenvalue weighted by atomic mass is 10.2. The van der Waals surface area contributed by atoms with Crippen LogP contribution in [-0.2, 0) is 6.54 Å². The maximum Gasteiger partial charge on any atom is 0.262 e. The number of ether oxygens (including phenoxy) is 1. The summed E-state index contributed by atoms with van der Waals surface area (Å²) in [5, 5.41) is 4.07. The van der Waals surface area contributed by atoms with E-state index in [9.17, 15) is 8.78 Å². The minimum absolute atomic E-state index is 0.0876. The smallest absolute Gasteiger partial charge is 0.262 e. The molecule has 0 bridgehead atoms. The van der Waals surface area contributed by atoms with Gasteiger partial charge in [-0.2, -0.15) is 4.98 Å². The van der Waals surface area contributed by atoms with E-state index in [1.807, 2.05) is 36.4 Å². The Hall–Kier alpha value is -3.65. The van der Waals surface area contributed by atoms with E-state index in [1.165, 1.54) is 6.07 Å². The van der Waals surface area contributed by atoms with Crippen molar-refractivity contribution in [3.63, 3.8) is 0 Å². The van der Waals surface area contributed by atoms with Crippen LogP contribution in [0.5, 0.6) is 5.75 Å².